The molecule has 7 nitrogen and oxygen atoms in total. The summed E-state index contributed by atoms with van der Waals surface area (Å²) < 4.78 is 1.46. The molecule has 18 heavy (non-hydrogen) atoms. The number of pyridine rings is 1. The fourth-order valence-corrected chi connectivity index (χ4v) is 2.06. The van der Waals surface area contributed by atoms with Crippen molar-refractivity contribution in [2.75, 3.05) is 11.4 Å². The Balaban J connectivity index is 2.13. The second-order valence-corrected chi connectivity index (χ2v) is 4.12. The van der Waals surface area contributed by atoms with Crippen LogP contribution in [0.2, 0.25) is 0 Å². The van der Waals surface area contributed by atoms with Crippen LogP contribution in [-0.4, -0.2) is 33.0 Å². The summed E-state index contributed by atoms with van der Waals surface area (Å²) >= 11 is 0. The Morgan fingerprint density at radius 3 is 2.94 bits per heavy atom. The molecule has 1 aliphatic rings. The third-order valence-electron chi connectivity index (χ3n) is 2.93. The number of hydrogen-bond donors (Lipinski definition) is 1. The Labute approximate surface area is 102 Å². The first kappa shape index (κ1) is 10.7. The zero-order chi connectivity index (χ0) is 12.7. The van der Waals surface area contributed by atoms with Crippen LogP contribution >= 0.6 is 0 Å². The van der Waals surface area contributed by atoms with Gasteiger partial charge in [0, 0.05) is 19.2 Å². The maximum Gasteiger partial charge on any atom is 0.252 e. The summed E-state index contributed by atoms with van der Waals surface area (Å²) in [6.07, 6.45) is 2.98. The lowest BCUT2D eigenvalue weighted by molar-refractivity contribution is -0.117. The van der Waals surface area contributed by atoms with Crippen molar-refractivity contribution in [2.24, 2.45) is 5.73 Å². The molecule has 0 radical (unpaired) electrons. The molecule has 2 aromatic heterocycles. The van der Waals surface area contributed by atoms with E-state index in [1.807, 2.05) is 0 Å². The molecule has 7 heteroatoms. The summed E-state index contributed by atoms with van der Waals surface area (Å²) in [6.45, 7) is 0.613. The zero-order valence-electron chi connectivity index (χ0n) is 9.54. The van der Waals surface area contributed by atoms with E-state index in [4.69, 9.17) is 5.73 Å². The highest BCUT2D eigenvalue weighted by atomic mass is 16.2. The second kappa shape index (κ2) is 3.80. The molecular formula is C11H11N5O2. The number of carbonyl (C=O) groups is 2. The molecule has 0 atom stereocenters. The second-order valence-electron chi connectivity index (χ2n) is 4.12. The Kier molecular flexibility index (Phi) is 2.26. The van der Waals surface area contributed by atoms with Crippen molar-refractivity contribution in [3.05, 3.63) is 23.9 Å². The SMILES string of the molecule is NC(=O)c1cccn2nc(N3CCCC3=O)nc12. The Morgan fingerprint density at radius 2 is 2.28 bits per heavy atom. The lowest BCUT2D eigenvalue weighted by atomic mass is 10.2. The van der Waals surface area contributed by atoms with Crippen LogP contribution in [0.5, 0.6) is 0 Å². The maximum absolute atomic E-state index is 11.6. The van der Waals surface area contributed by atoms with Gasteiger partial charge >= 0.3 is 0 Å². The van der Waals surface area contributed by atoms with Gasteiger partial charge in [-0.15, -0.1) is 5.10 Å². The molecule has 1 aliphatic heterocycles. The summed E-state index contributed by atoms with van der Waals surface area (Å²) in [5.41, 5.74) is 5.94. The molecule has 0 aromatic carbocycles. The molecule has 1 fully saturated rings. The predicted molar refractivity (Wildman–Crippen MR) is 63.1 cm³/mol. The van der Waals surface area contributed by atoms with E-state index in [1.165, 1.54) is 9.42 Å². The van der Waals surface area contributed by atoms with Crippen LogP contribution in [0.3, 0.4) is 0 Å². The van der Waals surface area contributed by atoms with Gasteiger partial charge in [-0.3, -0.25) is 14.5 Å². The van der Waals surface area contributed by atoms with E-state index < -0.39 is 5.91 Å². The van der Waals surface area contributed by atoms with Gasteiger partial charge in [0.15, 0.2) is 5.65 Å². The molecule has 3 heterocycles. The van der Waals surface area contributed by atoms with Gasteiger partial charge < -0.3 is 5.73 Å². The number of nitrogens with zero attached hydrogens (tertiary/aromatic N) is 4. The van der Waals surface area contributed by atoms with Gasteiger partial charge in [-0.1, -0.05) is 0 Å². The minimum Gasteiger partial charge on any atom is -0.365 e. The van der Waals surface area contributed by atoms with Crippen molar-refractivity contribution in [3.8, 4) is 0 Å². The van der Waals surface area contributed by atoms with Gasteiger partial charge in [0.1, 0.15) is 0 Å². The van der Waals surface area contributed by atoms with Crippen LogP contribution in [-0.2, 0) is 4.79 Å². The predicted octanol–water partition coefficient (Wildman–Crippen LogP) is -0.0450. The standard InChI is InChI=1S/C11H11N5O2/c12-9(18)7-3-1-6-16-10(7)13-11(14-16)15-5-2-4-8(15)17/h1,3,6H,2,4-5H2,(H2,12,18). The van der Waals surface area contributed by atoms with Crippen molar-refractivity contribution in [3.63, 3.8) is 0 Å². The molecule has 0 saturated carbocycles. The van der Waals surface area contributed by atoms with Crippen molar-refractivity contribution < 1.29 is 9.59 Å². The fourth-order valence-electron chi connectivity index (χ4n) is 2.06. The summed E-state index contributed by atoms with van der Waals surface area (Å²) in [6, 6.07) is 3.25. The topological polar surface area (TPSA) is 93.6 Å². The third-order valence-corrected chi connectivity index (χ3v) is 2.93. The van der Waals surface area contributed by atoms with Crippen LogP contribution < -0.4 is 10.6 Å². The first-order chi connectivity index (χ1) is 8.66. The molecule has 0 aliphatic carbocycles. The van der Waals surface area contributed by atoms with Crippen LogP contribution in [0.1, 0.15) is 23.2 Å². The number of amides is 2. The number of rotatable bonds is 2. The maximum atomic E-state index is 11.6. The van der Waals surface area contributed by atoms with E-state index in [9.17, 15) is 9.59 Å². The van der Waals surface area contributed by atoms with Gasteiger partial charge in [-0.05, 0) is 18.6 Å². The van der Waals surface area contributed by atoms with Crippen molar-refractivity contribution in [2.45, 2.75) is 12.8 Å². The van der Waals surface area contributed by atoms with Gasteiger partial charge in [0.05, 0.1) is 5.56 Å². The molecular weight excluding hydrogens is 234 g/mol. The first-order valence-electron chi connectivity index (χ1n) is 5.62. The zero-order valence-corrected chi connectivity index (χ0v) is 9.54. The molecule has 0 spiro atoms. The summed E-state index contributed by atoms with van der Waals surface area (Å²) in [5.74, 6) is -0.231. The molecule has 2 aromatic rings. The highest BCUT2D eigenvalue weighted by Gasteiger charge is 2.25. The highest BCUT2D eigenvalue weighted by Crippen LogP contribution is 2.19. The minimum absolute atomic E-state index is 0.00605. The van der Waals surface area contributed by atoms with Crippen LogP contribution in [0.25, 0.3) is 5.65 Å². The molecule has 2 N–H and O–H groups in total. The fraction of sp³-hybridized carbons (Fsp3) is 0.273. The van der Waals surface area contributed by atoms with E-state index in [0.29, 0.717) is 30.1 Å². The quantitative estimate of drug-likeness (QED) is 0.803. The molecule has 0 bridgehead atoms. The largest absolute Gasteiger partial charge is 0.365 e. The monoisotopic (exact) mass is 245 g/mol. The lowest BCUT2D eigenvalue weighted by Crippen LogP contribution is -2.24. The van der Waals surface area contributed by atoms with E-state index in [0.717, 1.165) is 6.42 Å². The van der Waals surface area contributed by atoms with Gasteiger partial charge in [0.25, 0.3) is 11.9 Å². The number of fused-ring (bicyclic) bond motifs is 1. The molecule has 92 valence electrons. The van der Waals surface area contributed by atoms with E-state index in [1.54, 1.807) is 18.3 Å². The van der Waals surface area contributed by atoms with Gasteiger partial charge in [0.2, 0.25) is 5.91 Å². The van der Waals surface area contributed by atoms with Crippen LogP contribution in [0.15, 0.2) is 18.3 Å². The number of hydrogen-bond acceptors (Lipinski definition) is 4. The number of nitrogens with two attached hydrogens (primary N) is 1. The van der Waals surface area contributed by atoms with E-state index >= 15 is 0 Å². The van der Waals surface area contributed by atoms with Gasteiger partial charge in [-0.2, -0.15) is 4.98 Å². The number of anilines is 1. The third kappa shape index (κ3) is 1.52. The van der Waals surface area contributed by atoms with E-state index in [2.05, 4.69) is 10.1 Å². The number of primary amides is 1. The van der Waals surface area contributed by atoms with Crippen LogP contribution in [0, 0.1) is 0 Å². The number of carbonyl (C=O) groups excluding carboxylic acids is 2. The Hall–Kier alpha value is -2.44. The smallest absolute Gasteiger partial charge is 0.252 e. The summed E-state index contributed by atoms with van der Waals surface area (Å²) in [4.78, 5) is 28.6. The van der Waals surface area contributed by atoms with Crippen molar-refractivity contribution in [1.29, 1.82) is 0 Å². The van der Waals surface area contributed by atoms with Crippen molar-refractivity contribution in [1.82, 2.24) is 14.6 Å². The van der Waals surface area contributed by atoms with Gasteiger partial charge in [-0.25, -0.2) is 4.52 Å². The van der Waals surface area contributed by atoms with E-state index in [-0.39, 0.29) is 5.91 Å². The molecule has 1 saturated heterocycles. The number of aromatic nitrogens is 3. The average molecular weight is 245 g/mol. The highest BCUT2D eigenvalue weighted by molar-refractivity contribution is 5.99. The average Bonchev–Trinajstić information content (AvgIpc) is 2.92. The Morgan fingerprint density at radius 1 is 1.44 bits per heavy atom. The molecule has 3 rings (SSSR count). The first-order valence-corrected chi connectivity index (χ1v) is 5.62. The normalized spacial score (nSPS) is 15.6. The van der Waals surface area contributed by atoms with Crippen molar-refractivity contribution >= 4 is 23.4 Å². The minimum atomic E-state index is -0.563. The molecule has 0 unspecified atom stereocenters. The summed E-state index contributed by atoms with van der Waals surface area (Å²) in [5, 5.41) is 4.19. The summed E-state index contributed by atoms with van der Waals surface area (Å²) in [7, 11) is 0. The lowest BCUT2D eigenvalue weighted by Gasteiger charge is -2.08. The van der Waals surface area contributed by atoms with Crippen LogP contribution in [0.4, 0.5) is 5.95 Å². The Bertz CT molecular complexity index is 648. The molecule has 2 amide bonds.